The molecule has 0 saturated carbocycles. The number of anilines is 1. The van der Waals surface area contributed by atoms with Crippen LogP contribution in [-0.2, 0) is 9.53 Å². The lowest BCUT2D eigenvalue weighted by molar-refractivity contribution is -0.121. The van der Waals surface area contributed by atoms with Gasteiger partial charge in [0.1, 0.15) is 17.8 Å². The molecule has 9 nitrogen and oxygen atoms in total. The minimum Gasteiger partial charge on any atom is -0.447 e. The van der Waals surface area contributed by atoms with Crippen LogP contribution in [0, 0.1) is 18.3 Å². The van der Waals surface area contributed by atoms with Gasteiger partial charge in [-0.05, 0) is 38.8 Å². The molecule has 3 saturated heterocycles. The Morgan fingerprint density at radius 1 is 1.41 bits per heavy atom. The van der Waals surface area contributed by atoms with Crippen molar-refractivity contribution < 1.29 is 19.1 Å². The first kappa shape index (κ1) is 17.3. The maximum absolute atomic E-state index is 13.0. The van der Waals surface area contributed by atoms with Gasteiger partial charge in [-0.1, -0.05) is 0 Å². The average molecular weight is 369 g/mol. The number of rotatable bonds is 2. The maximum Gasteiger partial charge on any atom is 0.410 e. The molecule has 4 amide bonds. The summed E-state index contributed by atoms with van der Waals surface area (Å²) in [5, 5.41) is 9.01. The lowest BCUT2D eigenvalue weighted by Gasteiger charge is -2.34. The number of likely N-dealkylation sites (tertiary alicyclic amines) is 1. The van der Waals surface area contributed by atoms with Crippen LogP contribution in [0.15, 0.2) is 12.3 Å². The van der Waals surface area contributed by atoms with Gasteiger partial charge in [0.2, 0.25) is 0 Å². The molecule has 1 aromatic rings. The SMILES string of the molecule is Cc1cc(N2C(=O)[C@H]3C4CC(CN4C(=O)OC(C)C)N3C2=O)cnc1C#N. The number of carbonyl (C=O) groups excluding carboxylic acids is 3. The van der Waals surface area contributed by atoms with Crippen LogP contribution in [0.3, 0.4) is 0 Å². The highest BCUT2D eigenvalue weighted by atomic mass is 16.6. The van der Waals surface area contributed by atoms with E-state index < -0.39 is 18.2 Å². The number of nitriles is 1. The Hall–Kier alpha value is -3.15. The zero-order valence-corrected chi connectivity index (χ0v) is 15.2. The van der Waals surface area contributed by atoms with E-state index in [1.54, 1.807) is 36.6 Å². The maximum atomic E-state index is 13.0. The fourth-order valence-corrected chi connectivity index (χ4v) is 4.17. The normalized spacial score (nSPS) is 26.0. The number of aromatic nitrogens is 1. The summed E-state index contributed by atoms with van der Waals surface area (Å²) < 4.78 is 5.27. The molecular weight excluding hydrogens is 350 g/mol. The van der Waals surface area contributed by atoms with E-state index in [0.717, 1.165) is 4.90 Å². The number of piperazine rings is 1. The Bertz CT molecular complexity index is 892. The van der Waals surface area contributed by atoms with Crippen molar-refractivity contribution in [2.24, 2.45) is 0 Å². The smallest absolute Gasteiger partial charge is 0.410 e. The monoisotopic (exact) mass is 369 g/mol. The van der Waals surface area contributed by atoms with Gasteiger partial charge in [-0.25, -0.2) is 19.5 Å². The van der Waals surface area contributed by atoms with Crippen LogP contribution in [0.1, 0.15) is 31.5 Å². The molecule has 3 atom stereocenters. The van der Waals surface area contributed by atoms with Crippen molar-refractivity contribution in [2.45, 2.75) is 51.4 Å². The van der Waals surface area contributed by atoms with Crippen molar-refractivity contribution in [2.75, 3.05) is 11.4 Å². The predicted molar refractivity (Wildman–Crippen MR) is 92.7 cm³/mol. The van der Waals surface area contributed by atoms with E-state index in [9.17, 15) is 14.4 Å². The van der Waals surface area contributed by atoms with E-state index in [-0.39, 0.29) is 29.8 Å². The number of carbonyl (C=O) groups is 3. The van der Waals surface area contributed by atoms with Gasteiger partial charge < -0.3 is 14.5 Å². The van der Waals surface area contributed by atoms with Crippen molar-refractivity contribution in [1.82, 2.24) is 14.8 Å². The molecule has 0 N–H and O–H groups in total. The first-order valence-corrected chi connectivity index (χ1v) is 8.83. The predicted octanol–water partition coefficient (Wildman–Crippen LogP) is 1.40. The number of hydrogen-bond acceptors (Lipinski definition) is 6. The fraction of sp³-hybridized carbons (Fsp3) is 0.500. The number of hydrogen-bond donors (Lipinski definition) is 0. The number of amides is 4. The summed E-state index contributed by atoms with van der Waals surface area (Å²) >= 11 is 0. The highest BCUT2D eigenvalue weighted by Crippen LogP contribution is 2.42. The Morgan fingerprint density at radius 3 is 2.78 bits per heavy atom. The molecule has 0 radical (unpaired) electrons. The molecule has 0 aromatic carbocycles. The van der Waals surface area contributed by atoms with Crippen molar-refractivity contribution in [3.63, 3.8) is 0 Å². The Balaban J connectivity index is 1.62. The molecule has 0 spiro atoms. The zero-order chi connectivity index (χ0) is 19.5. The van der Waals surface area contributed by atoms with E-state index in [0.29, 0.717) is 24.2 Å². The summed E-state index contributed by atoms with van der Waals surface area (Å²) in [6.07, 6.45) is 1.23. The number of urea groups is 1. The van der Waals surface area contributed by atoms with Gasteiger partial charge in [-0.15, -0.1) is 0 Å². The number of ether oxygens (including phenoxy) is 1. The van der Waals surface area contributed by atoms with Crippen molar-refractivity contribution >= 4 is 23.7 Å². The summed E-state index contributed by atoms with van der Waals surface area (Å²) in [5.41, 5.74) is 1.18. The van der Waals surface area contributed by atoms with E-state index in [1.807, 2.05) is 6.07 Å². The standard InChI is InChI=1S/C18H19N5O4/c1-9(2)27-18(26)21-8-12-5-14(21)15-16(24)23(17(25)22(12)15)11-4-10(3)13(6-19)20-7-11/h4,7,9,12,14-15H,5,8H2,1-3H3/t12?,14?,15-/m1/s1. The molecule has 3 aliphatic rings. The lowest BCUT2D eigenvalue weighted by atomic mass is 10.1. The first-order chi connectivity index (χ1) is 12.8. The fourth-order valence-electron chi connectivity index (χ4n) is 4.17. The highest BCUT2D eigenvalue weighted by Gasteiger charge is 2.63. The van der Waals surface area contributed by atoms with E-state index in [2.05, 4.69) is 4.98 Å². The summed E-state index contributed by atoms with van der Waals surface area (Å²) in [7, 11) is 0. The molecule has 0 aliphatic carbocycles. The summed E-state index contributed by atoms with van der Waals surface area (Å²) in [6.45, 7) is 5.61. The second kappa shape index (κ2) is 5.94. The van der Waals surface area contributed by atoms with E-state index in [4.69, 9.17) is 10.00 Å². The molecule has 3 aliphatic heterocycles. The average Bonchev–Trinajstić information content (AvgIpc) is 3.26. The minimum absolute atomic E-state index is 0.200. The quantitative estimate of drug-likeness (QED) is 0.730. The van der Waals surface area contributed by atoms with Gasteiger partial charge in [-0.2, -0.15) is 5.26 Å². The molecule has 2 bridgehead atoms. The van der Waals surface area contributed by atoms with Gasteiger partial charge >= 0.3 is 12.1 Å². The summed E-state index contributed by atoms with van der Waals surface area (Å²) in [6, 6.07) is 1.89. The topological polar surface area (TPSA) is 107 Å². The second-order valence-corrected chi connectivity index (χ2v) is 7.32. The molecule has 9 heteroatoms. The van der Waals surface area contributed by atoms with E-state index in [1.165, 1.54) is 6.20 Å². The summed E-state index contributed by atoms with van der Waals surface area (Å²) in [5.74, 6) is -0.375. The molecule has 4 rings (SSSR count). The molecule has 4 heterocycles. The third-order valence-corrected chi connectivity index (χ3v) is 5.26. The number of nitrogens with zero attached hydrogens (tertiary/aromatic N) is 5. The van der Waals surface area contributed by atoms with Crippen LogP contribution in [-0.4, -0.2) is 63.6 Å². The third-order valence-electron chi connectivity index (χ3n) is 5.26. The molecule has 1 aromatic heterocycles. The first-order valence-electron chi connectivity index (χ1n) is 8.83. The number of aryl methyl sites for hydroxylation is 1. The van der Waals surface area contributed by atoms with Crippen molar-refractivity contribution in [1.29, 1.82) is 5.26 Å². The molecule has 27 heavy (non-hydrogen) atoms. The van der Waals surface area contributed by atoms with Crippen LogP contribution in [0.4, 0.5) is 15.3 Å². The molecule has 3 fully saturated rings. The molecule has 140 valence electrons. The number of imide groups is 1. The van der Waals surface area contributed by atoms with Gasteiger partial charge in [0.25, 0.3) is 5.91 Å². The van der Waals surface area contributed by atoms with Crippen LogP contribution in [0.25, 0.3) is 0 Å². The molecule has 2 unspecified atom stereocenters. The van der Waals surface area contributed by atoms with Crippen molar-refractivity contribution in [3.8, 4) is 6.07 Å². The Kier molecular flexibility index (Phi) is 3.80. The van der Waals surface area contributed by atoms with Gasteiger partial charge in [0.15, 0.2) is 0 Å². The molecular formula is C18H19N5O4. The third kappa shape index (κ3) is 2.44. The van der Waals surface area contributed by atoms with Gasteiger partial charge in [0.05, 0.1) is 30.1 Å². The Morgan fingerprint density at radius 2 is 2.15 bits per heavy atom. The van der Waals surface area contributed by atoms with Crippen LogP contribution < -0.4 is 4.90 Å². The van der Waals surface area contributed by atoms with Gasteiger partial charge in [0, 0.05) is 6.54 Å². The lowest BCUT2D eigenvalue weighted by Crippen LogP contribution is -2.55. The van der Waals surface area contributed by atoms with Crippen LogP contribution >= 0.6 is 0 Å². The summed E-state index contributed by atoms with van der Waals surface area (Å²) in [4.78, 5) is 46.5. The van der Waals surface area contributed by atoms with Crippen molar-refractivity contribution in [3.05, 3.63) is 23.5 Å². The second-order valence-electron chi connectivity index (χ2n) is 7.32. The van der Waals surface area contributed by atoms with Crippen LogP contribution in [0.2, 0.25) is 0 Å². The minimum atomic E-state index is -0.702. The van der Waals surface area contributed by atoms with E-state index >= 15 is 0 Å². The number of pyridine rings is 1. The number of fused-ring (bicyclic) bond motifs is 5. The largest absolute Gasteiger partial charge is 0.447 e. The van der Waals surface area contributed by atoms with Gasteiger partial charge in [-0.3, -0.25) is 4.79 Å². The Labute approximate surface area is 156 Å². The zero-order valence-electron chi connectivity index (χ0n) is 15.2. The highest BCUT2D eigenvalue weighted by molar-refractivity contribution is 6.22. The van der Waals surface area contributed by atoms with Crippen LogP contribution in [0.5, 0.6) is 0 Å².